The van der Waals surface area contributed by atoms with Gasteiger partial charge < -0.3 is 5.73 Å². The summed E-state index contributed by atoms with van der Waals surface area (Å²) in [4.78, 5) is 41.8. The first-order chi connectivity index (χ1) is 11.1. The molecule has 7 nitrogen and oxygen atoms in total. The van der Waals surface area contributed by atoms with Crippen LogP contribution in [-0.4, -0.2) is 44.9 Å². The molecule has 0 spiro atoms. The number of hydrogen-bond acceptors (Lipinski definition) is 5. The van der Waals surface area contributed by atoms with Crippen molar-refractivity contribution in [3.05, 3.63) is 28.3 Å². The predicted molar refractivity (Wildman–Crippen MR) is 99.9 cm³/mol. The Morgan fingerprint density at radius 2 is 2.00 bits per heavy atom. The highest BCUT2D eigenvalue weighted by Crippen LogP contribution is 2.33. The summed E-state index contributed by atoms with van der Waals surface area (Å²) in [5.74, 6) is -0.401. The van der Waals surface area contributed by atoms with Crippen LogP contribution >= 0.6 is 0 Å². The molecule has 24 heavy (non-hydrogen) atoms. The number of benzene rings is 1. The predicted octanol–water partition coefficient (Wildman–Crippen LogP) is -3.48. The number of nitrogens with two attached hydrogens (primary N) is 1. The van der Waals surface area contributed by atoms with Crippen molar-refractivity contribution in [1.82, 2.24) is 14.9 Å². The van der Waals surface area contributed by atoms with Gasteiger partial charge in [0.15, 0.2) is 0 Å². The van der Waals surface area contributed by atoms with E-state index in [9.17, 15) is 14.4 Å². The highest BCUT2D eigenvalue weighted by atomic mass is 16.2. The van der Waals surface area contributed by atoms with Crippen LogP contribution in [-0.2, 0) is 9.59 Å². The lowest BCUT2D eigenvalue weighted by atomic mass is 9.50. The normalized spacial score (nSPS) is 20.1. The zero-order valence-electron chi connectivity index (χ0n) is 14.1. The van der Waals surface area contributed by atoms with Crippen LogP contribution in [0.4, 0.5) is 5.69 Å². The summed E-state index contributed by atoms with van der Waals surface area (Å²) in [6.07, 6.45) is 0.233. The highest BCUT2D eigenvalue weighted by Gasteiger charge is 2.42. The number of carbonyl (C=O) groups excluding carboxylic acids is 2. The summed E-state index contributed by atoms with van der Waals surface area (Å²) in [5, 5.41) is 1.91. The molecule has 1 atom stereocenters. The lowest BCUT2D eigenvalue weighted by Gasteiger charge is -2.34. The minimum Gasteiger partial charge on any atom is -0.398 e. The molecule has 0 bridgehead atoms. The van der Waals surface area contributed by atoms with E-state index in [1.54, 1.807) is 28.7 Å². The van der Waals surface area contributed by atoms with E-state index in [4.69, 9.17) is 5.73 Å². The van der Waals surface area contributed by atoms with Gasteiger partial charge in [-0.25, -0.2) is 4.98 Å². The second-order valence-corrected chi connectivity index (χ2v) is 6.95. The van der Waals surface area contributed by atoms with E-state index < -0.39 is 17.2 Å². The molecule has 1 aliphatic rings. The fourth-order valence-electron chi connectivity index (χ4n) is 3.17. The minimum atomic E-state index is -0.790. The molecular weight excluding hydrogens is 305 g/mol. The zero-order valence-corrected chi connectivity index (χ0v) is 14.1. The molecule has 0 saturated carbocycles. The molecule has 0 radical (unpaired) electrons. The summed E-state index contributed by atoms with van der Waals surface area (Å²) in [7, 11) is 5.34. The molecule has 1 aliphatic heterocycles. The van der Waals surface area contributed by atoms with Crippen LogP contribution in [0.5, 0.6) is 0 Å². The van der Waals surface area contributed by atoms with Gasteiger partial charge in [0.1, 0.15) is 35.4 Å². The number of nitrogens with zero attached hydrogens (tertiary/aromatic N) is 2. The Balaban J connectivity index is 2.28. The number of hydrogen-bond donors (Lipinski definition) is 2. The van der Waals surface area contributed by atoms with Crippen LogP contribution in [0.3, 0.4) is 0 Å². The van der Waals surface area contributed by atoms with Crippen molar-refractivity contribution < 1.29 is 9.59 Å². The Morgan fingerprint density at radius 3 is 2.67 bits per heavy atom. The van der Waals surface area contributed by atoms with Crippen LogP contribution in [0, 0.1) is 6.92 Å². The van der Waals surface area contributed by atoms with Crippen LogP contribution in [0.1, 0.15) is 18.3 Å². The molecule has 2 aromatic rings. The van der Waals surface area contributed by atoms with Gasteiger partial charge in [-0.15, -0.1) is 0 Å². The molecule has 10 heteroatoms. The number of carbonyl (C=O) groups is 2. The van der Waals surface area contributed by atoms with E-state index in [2.05, 4.69) is 10.3 Å². The van der Waals surface area contributed by atoms with Gasteiger partial charge in [0.2, 0.25) is 11.8 Å². The number of fused-ring (bicyclic) bond motifs is 1. The molecule has 1 aromatic heterocycles. The Hall–Kier alpha value is -2.51. The van der Waals surface area contributed by atoms with Gasteiger partial charge in [0, 0.05) is 5.69 Å². The zero-order chi connectivity index (χ0) is 17.8. The van der Waals surface area contributed by atoms with Crippen molar-refractivity contribution in [2.24, 2.45) is 0 Å². The second kappa shape index (κ2) is 5.26. The van der Waals surface area contributed by atoms with E-state index in [1.165, 1.54) is 4.57 Å². The molecule has 1 unspecified atom stereocenters. The van der Waals surface area contributed by atoms with E-state index in [1.807, 2.05) is 13.9 Å². The third-order valence-electron chi connectivity index (χ3n) is 4.64. The maximum atomic E-state index is 13.0. The molecule has 1 aromatic carbocycles. The largest absolute Gasteiger partial charge is 0.398 e. The van der Waals surface area contributed by atoms with Gasteiger partial charge in [-0.3, -0.25) is 24.3 Å². The van der Waals surface area contributed by atoms with E-state index in [0.29, 0.717) is 22.4 Å². The average Bonchev–Trinajstić information content (AvgIpc) is 2.48. The molecule has 3 N–H and O–H groups in total. The molecule has 1 fully saturated rings. The van der Waals surface area contributed by atoms with Gasteiger partial charge >= 0.3 is 0 Å². The van der Waals surface area contributed by atoms with Gasteiger partial charge in [-0.05, 0) is 24.6 Å². The topological polar surface area (TPSA) is 107 Å². The fraction of sp³-hybridized carbons (Fsp3) is 0.286. The molecule has 120 valence electrons. The van der Waals surface area contributed by atoms with Crippen molar-refractivity contribution >= 4 is 57.4 Å². The first kappa shape index (κ1) is 16.4. The molecule has 0 aliphatic carbocycles. The number of rotatable bonds is 1. The third-order valence-corrected chi connectivity index (χ3v) is 4.64. The lowest BCUT2D eigenvalue weighted by molar-refractivity contribution is -0.136. The summed E-state index contributed by atoms with van der Waals surface area (Å²) in [6.45, 7) is 1.68. The van der Waals surface area contributed by atoms with E-state index >= 15 is 0 Å². The maximum absolute atomic E-state index is 13.0. The standard InChI is InChI=1S/C14H17B3N4O3/c1-5-19-10-6(15)2-3-7(18)9(10)12(23)21(5)8-4-14(16,17)13(24)20-11(8)22/h2-3,8H,4,15-18H2,1H3,(H,20,22,24). The number of aryl methyl sites for hydroxylation is 1. The SMILES string of the molecule is Bc1ccc(N)c2c(=O)n(C3CC(B)(B)C(=O)NC3=O)c(C)nc12. The molecular formula is C14H17B3N4O3. The first-order valence-electron chi connectivity index (χ1n) is 7.76. The third kappa shape index (κ3) is 2.33. The van der Waals surface area contributed by atoms with Gasteiger partial charge in [0.25, 0.3) is 5.56 Å². The minimum absolute atomic E-state index is 0.233. The summed E-state index contributed by atoms with van der Waals surface area (Å²) in [6, 6.07) is 2.68. The number of nitrogens with one attached hydrogen (secondary N) is 1. The Morgan fingerprint density at radius 1 is 1.33 bits per heavy atom. The lowest BCUT2D eigenvalue weighted by Crippen LogP contribution is -2.52. The Kier molecular flexibility index (Phi) is 3.58. The van der Waals surface area contributed by atoms with Gasteiger partial charge in [-0.2, -0.15) is 0 Å². The summed E-state index contributed by atoms with van der Waals surface area (Å²) < 4.78 is 1.35. The second-order valence-electron chi connectivity index (χ2n) is 6.95. The van der Waals surface area contributed by atoms with E-state index in [-0.39, 0.29) is 17.9 Å². The van der Waals surface area contributed by atoms with Crippen molar-refractivity contribution in [2.75, 3.05) is 5.73 Å². The van der Waals surface area contributed by atoms with E-state index in [0.717, 1.165) is 5.46 Å². The molecule has 2 heterocycles. The number of anilines is 1. The van der Waals surface area contributed by atoms with Crippen LogP contribution in [0.25, 0.3) is 10.9 Å². The number of aromatic nitrogens is 2. The number of imide groups is 1. The summed E-state index contributed by atoms with van der Waals surface area (Å²) in [5.41, 5.74) is 7.33. The molecule has 1 saturated heterocycles. The maximum Gasteiger partial charge on any atom is 0.264 e. The first-order valence-corrected chi connectivity index (χ1v) is 7.76. The smallest absolute Gasteiger partial charge is 0.264 e. The average molecular weight is 322 g/mol. The highest BCUT2D eigenvalue weighted by molar-refractivity contribution is 6.52. The van der Waals surface area contributed by atoms with Gasteiger partial charge in [-0.1, -0.05) is 11.5 Å². The Bertz CT molecular complexity index is 954. The quantitative estimate of drug-likeness (QED) is 0.322. The fourth-order valence-corrected chi connectivity index (χ4v) is 3.17. The molecule has 2 amide bonds. The number of amides is 2. The van der Waals surface area contributed by atoms with Crippen LogP contribution < -0.4 is 22.1 Å². The van der Waals surface area contributed by atoms with Gasteiger partial charge in [0.05, 0.1) is 10.9 Å². The van der Waals surface area contributed by atoms with Crippen molar-refractivity contribution in [3.63, 3.8) is 0 Å². The van der Waals surface area contributed by atoms with Crippen LogP contribution in [0.2, 0.25) is 5.21 Å². The van der Waals surface area contributed by atoms with Crippen molar-refractivity contribution in [2.45, 2.75) is 24.6 Å². The summed E-state index contributed by atoms with van der Waals surface area (Å²) >= 11 is 0. The molecule has 3 rings (SSSR count). The Labute approximate surface area is 141 Å². The van der Waals surface area contributed by atoms with Crippen molar-refractivity contribution in [3.8, 4) is 0 Å². The monoisotopic (exact) mass is 322 g/mol. The van der Waals surface area contributed by atoms with Crippen molar-refractivity contribution in [1.29, 1.82) is 0 Å². The number of nitrogen functional groups attached to an aromatic ring is 1. The number of piperidine rings is 1. The van der Waals surface area contributed by atoms with Crippen LogP contribution in [0.15, 0.2) is 16.9 Å².